The Labute approximate surface area is 135 Å². The second-order valence-electron chi connectivity index (χ2n) is 4.81. The molecule has 1 aromatic rings. The van der Waals surface area contributed by atoms with Crippen molar-refractivity contribution in [3.05, 3.63) is 19.2 Å². The summed E-state index contributed by atoms with van der Waals surface area (Å²) in [6.07, 6.45) is 2.15. The zero-order valence-corrected chi connectivity index (χ0v) is 15.1. The van der Waals surface area contributed by atoms with Crippen LogP contribution in [0.15, 0.2) is 14.3 Å². The highest BCUT2D eigenvalue weighted by Crippen LogP contribution is 2.33. The van der Waals surface area contributed by atoms with Crippen LogP contribution in [0.2, 0.25) is 0 Å². The van der Waals surface area contributed by atoms with E-state index >= 15 is 0 Å². The first-order valence-corrected chi connectivity index (χ1v) is 8.87. The van der Waals surface area contributed by atoms with Gasteiger partial charge >= 0.3 is 0 Å². The van der Waals surface area contributed by atoms with Crippen LogP contribution in [0.3, 0.4) is 0 Å². The summed E-state index contributed by atoms with van der Waals surface area (Å²) in [4.78, 5) is 17.6. The van der Waals surface area contributed by atoms with Crippen LogP contribution < -0.4 is 0 Å². The van der Waals surface area contributed by atoms with Gasteiger partial charge in [0.25, 0.3) is 5.91 Å². The van der Waals surface area contributed by atoms with Gasteiger partial charge in [-0.15, -0.1) is 11.3 Å². The van der Waals surface area contributed by atoms with Crippen LogP contribution in [-0.4, -0.2) is 48.4 Å². The van der Waals surface area contributed by atoms with E-state index in [1.165, 1.54) is 11.3 Å². The first kappa shape index (κ1) is 15.5. The summed E-state index contributed by atoms with van der Waals surface area (Å²) in [5, 5.41) is 0. The van der Waals surface area contributed by atoms with E-state index in [-0.39, 0.29) is 5.91 Å². The van der Waals surface area contributed by atoms with Crippen molar-refractivity contribution in [2.24, 2.45) is 0 Å². The average Bonchev–Trinajstić information content (AvgIpc) is 2.77. The number of hydrogen-bond acceptors (Lipinski definition) is 3. The molecule has 0 aliphatic carbocycles. The van der Waals surface area contributed by atoms with E-state index in [1.807, 2.05) is 18.0 Å². The summed E-state index contributed by atoms with van der Waals surface area (Å²) < 4.78 is 1.93. The second kappa shape index (κ2) is 6.70. The molecule has 106 valence electrons. The maximum absolute atomic E-state index is 12.4. The fourth-order valence-electron chi connectivity index (χ4n) is 2.41. The number of amides is 1. The van der Waals surface area contributed by atoms with Gasteiger partial charge in [-0.25, -0.2) is 0 Å². The topological polar surface area (TPSA) is 23.6 Å². The molecule has 1 saturated heterocycles. The van der Waals surface area contributed by atoms with Gasteiger partial charge in [0.2, 0.25) is 0 Å². The van der Waals surface area contributed by atoms with Crippen molar-refractivity contribution in [1.82, 2.24) is 9.80 Å². The molecular formula is C13H18Br2N2OS. The van der Waals surface area contributed by atoms with Gasteiger partial charge in [0, 0.05) is 30.7 Å². The van der Waals surface area contributed by atoms with Crippen molar-refractivity contribution in [3.8, 4) is 0 Å². The van der Waals surface area contributed by atoms with Crippen LogP contribution in [0.25, 0.3) is 0 Å². The van der Waals surface area contributed by atoms with Gasteiger partial charge in [0.15, 0.2) is 0 Å². The highest BCUT2D eigenvalue weighted by molar-refractivity contribution is 9.13. The smallest absolute Gasteiger partial charge is 0.263 e. The van der Waals surface area contributed by atoms with Crippen LogP contribution in [0.4, 0.5) is 0 Å². The molecule has 1 aliphatic heterocycles. The zero-order chi connectivity index (χ0) is 14.0. The van der Waals surface area contributed by atoms with Crippen molar-refractivity contribution < 1.29 is 4.79 Å². The monoisotopic (exact) mass is 408 g/mol. The van der Waals surface area contributed by atoms with Crippen LogP contribution in [0, 0.1) is 0 Å². The Morgan fingerprint density at radius 1 is 1.47 bits per heavy atom. The summed E-state index contributed by atoms with van der Waals surface area (Å²) in [5.41, 5.74) is 0. The number of piperidine rings is 1. The Morgan fingerprint density at radius 2 is 2.11 bits per heavy atom. The predicted octanol–water partition coefficient (Wildman–Crippen LogP) is 3.83. The second-order valence-corrected chi connectivity index (χ2v) is 8.04. The van der Waals surface area contributed by atoms with E-state index in [4.69, 9.17) is 0 Å². The Balaban J connectivity index is 2.00. The molecule has 1 aliphatic rings. The minimum Gasteiger partial charge on any atom is -0.338 e. The number of nitrogens with zero attached hydrogens (tertiary/aromatic N) is 2. The number of halogens is 2. The molecule has 0 radical (unpaired) electrons. The maximum atomic E-state index is 12.4. The molecule has 0 spiro atoms. The van der Waals surface area contributed by atoms with Gasteiger partial charge < -0.3 is 9.80 Å². The third-order valence-corrected chi connectivity index (χ3v) is 6.97. The van der Waals surface area contributed by atoms with Crippen molar-refractivity contribution in [1.29, 1.82) is 0 Å². The van der Waals surface area contributed by atoms with Gasteiger partial charge in [-0.3, -0.25) is 4.79 Å². The van der Waals surface area contributed by atoms with Crippen molar-refractivity contribution in [3.63, 3.8) is 0 Å². The SMILES string of the molecule is CCN1CCC(N(C)C(=O)c2cc(Br)c(Br)s2)CC1. The highest BCUT2D eigenvalue weighted by Gasteiger charge is 2.26. The first-order chi connectivity index (χ1) is 9.02. The number of rotatable bonds is 3. The van der Waals surface area contributed by atoms with E-state index in [2.05, 4.69) is 43.7 Å². The maximum Gasteiger partial charge on any atom is 0.263 e. The number of thiophene rings is 1. The molecular weight excluding hydrogens is 392 g/mol. The molecule has 2 rings (SSSR count). The van der Waals surface area contributed by atoms with Gasteiger partial charge in [0.05, 0.1) is 8.66 Å². The van der Waals surface area contributed by atoms with E-state index in [0.717, 1.165) is 45.6 Å². The lowest BCUT2D eigenvalue weighted by Crippen LogP contribution is -2.45. The van der Waals surface area contributed by atoms with Crippen molar-refractivity contribution in [2.45, 2.75) is 25.8 Å². The number of carbonyl (C=O) groups excluding carboxylic acids is 1. The average molecular weight is 410 g/mol. The van der Waals surface area contributed by atoms with Crippen LogP contribution >= 0.6 is 43.2 Å². The lowest BCUT2D eigenvalue weighted by atomic mass is 10.0. The van der Waals surface area contributed by atoms with Gasteiger partial charge in [-0.2, -0.15) is 0 Å². The largest absolute Gasteiger partial charge is 0.338 e. The quantitative estimate of drug-likeness (QED) is 0.757. The molecule has 0 unspecified atom stereocenters. The number of likely N-dealkylation sites (tertiary alicyclic amines) is 1. The molecule has 6 heteroatoms. The Bertz CT molecular complexity index is 436. The Hall–Kier alpha value is 0.0900. The summed E-state index contributed by atoms with van der Waals surface area (Å²) in [5.74, 6) is 0.131. The molecule has 1 aromatic heterocycles. The van der Waals surface area contributed by atoms with Gasteiger partial charge in [-0.05, 0) is 57.3 Å². The molecule has 0 aromatic carbocycles. The molecule has 2 heterocycles. The predicted molar refractivity (Wildman–Crippen MR) is 86.9 cm³/mol. The fraction of sp³-hybridized carbons (Fsp3) is 0.615. The third-order valence-electron chi connectivity index (χ3n) is 3.73. The van der Waals surface area contributed by atoms with E-state index in [9.17, 15) is 4.79 Å². The molecule has 1 fully saturated rings. The zero-order valence-electron chi connectivity index (χ0n) is 11.2. The summed E-state index contributed by atoms with van der Waals surface area (Å²) >= 11 is 8.36. The number of hydrogen-bond donors (Lipinski definition) is 0. The van der Waals surface area contributed by atoms with Crippen LogP contribution in [0.1, 0.15) is 29.4 Å². The minimum absolute atomic E-state index is 0.131. The molecule has 3 nitrogen and oxygen atoms in total. The van der Waals surface area contributed by atoms with Gasteiger partial charge in [0.1, 0.15) is 0 Å². The summed E-state index contributed by atoms with van der Waals surface area (Å²) in [6.45, 7) is 5.48. The molecule has 0 bridgehead atoms. The molecule has 0 saturated carbocycles. The standard InChI is InChI=1S/C13H18Br2N2OS/c1-3-17-6-4-9(5-7-17)16(2)13(18)11-8-10(14)12(15)19-11/h8-9H,3-7H2,1-2H3. The molecule has 0 N–H and O–H groups in total. The highest BCUT2D eigenvalue weighted by atomic mass is 79.9. The van der Waals surface area contributed by atoms with Crippen LogP contribution in [-0.2, 0) is 0 Å². The lowest BCUT2D eigenvalue weighted by molar-refractivity contribution is 0.0651. The van der Waals surface area contributed by atoms with E-state index in [0.29, 0.717) is 6.04 Å². The lowest BCUT2D eigenvalue weighted by Gasteiger charge is -2.36. The molecule has 0 atom stereocenters. The van der Waals surface area contributed by atoms with Crippen molar-refractivity contribution >= 4 is 49.1 Å². The minimum atomic E-state index is 0.131. The van der Waals surface area contributed by atoms with Crippen molar-refractivity contribution in [2.75, 3.05) is 26.7 Å². The van der Waals surface area contributed by atoms with Gasteiger partial charge in [-0.1, -0.05) is 6.92 Å². The Morgan fingerprint density at radius 3 is 2.58 bits per heavy atom. The molecule has 19 heavy (non-hydrogen) atoms. The number of carbonyl (C=O) groups is 1. The summed E-state index contributed by atoms with van der Waals surface area (Å²) in [7, 11) is 1.93. The fourth-order valence-corrected chi connectivity index (χ4v) is 4.43. The van der Waals surface area contributed by atoms with E-state index < -0.39 is 0 Å². The summed E-state index contributed by atoms with van der Waals surface area (Å²) in [6, 6.07) is 2.27. The molecule has 1 amide bonds. The normalized spacial score (nSPS) is 17.7. The Kier molecular flexibility index (Phi) is 5.45. The van der Waals surface area contributed by atoms with Crippen LogP contribution in [0.5, 0.6) is 0 Å². The first-order valence-electron chi connectivity index (χ1n) is 6.47. The third kappa shape index (κ3) is 3.60. The van der Waals surface area contributed by atoms with E-state index in [1.54, 1.807) is 0 Å².